The molecule has 1 amide bonds. The molecule has 4 aliphatic heterocycles. The Morgan fingerprint density at radius 2 is 1.16 bits per heavy atom. The van der Waals surface area contributed by atoms with Gasteiger partial charge < -0.3 is 25.3 Å². The van der Waals surface area contributed by atoms with Crippen LogP contribution in [0, 0.1) is 18.3 Å². The lowest BCUT2D eigenvalue weighted by Crippen LogP contribution is -2.45. The minimum atomic E-state index is -0.936. The van der Waals surface area contributed by atoms with E-state index in [9.17, 15) is 10.1 Å². The van der Waals surface area contributed by atoms with Crippen LogP contribution in [0.25, 0.3) is 0 Å². The number of hydrogen-bond donors (Lipinski definition) is 1. The topological polar surface area (TPSA) is 79.8 Å². The fourth-order valence-corrected chi connectivity index (χ4v) is 10.0. The summed E-state index contributed by atoms with van der Waals surface area (Å²) in [6, 6.07) is 26.4. The highest BCUT2D eigenvalue weighted by Gasteiger charge is 2.53. The van der Waals surface area contributed by atoms with Crippen molar-refractivity contribution in [3.8, 4) is 6.07 Å². The third-order valence-corrected chi connectivity index (χ3v) is 14.0. The summed E-state index contributed by atoms with van der Waals surface area (Å²) in [5, 5.41) is 10.8. The van der Waals surface area contributed by atoms with Crippen LogP contribution in [0.5, 0.6) is 0 Å². The van der Waals surface area contributed by atoms with Crippen molar-refractivity contribution in [3.63, 3.8) is 0 Å². The molecule has 8 rings (SSSR count). The first-order valence-electron chi connectivity index (χ1n) is 18.7. The van der Waals surface area contributed by atoms with Crippen LogP contribution in [0.1, 0.15) is 71.4 Å². The number of halogens is 2. The largest absolute Gasteiger partial charge is 0.366 e. The summed E-state index contributed by atoms with van der Waals surface area (Å²) in [5.74, 6) is -0.506. The third-order valence-electron chi connectivity index (χ3n) is 13.3. The summed E-state index contributed by atoms with van der Waals surface area (Å²) >= 11 is 13.8. The monoisotopic (exact) mass is 780 g/mol. The van der Waals surface area contributed by atoms with Gasteiger partial charge >= 0.3 is 0 Å². The highest BCUT2D eigenvalue weighted by Crippen LogP contribution is 2.58. The number of primary amides is 1. The SMILES string of the molecule is C=C1N(CC2(C)C(=C)N(CC3(C)C(=C)N(CC4(C)C(=C)N(C)c5ccc(Cl)cc54)c4ccc(C#N)cc43)c3ccc(C)cc32)c2ccc(C(N)=O)cc2C1(C)Cl. The van der Waals surface area contributed by atoms with Crippen LogP contribution >= 0.6 is 23.2 Å². The highest BCUT2D eigenvalue weighted by molar-refractivity contribution is 6.30. The lowest BCUT2D eigenvalue weighted by atomic mass is 9.79. The maximum atomic E-state index is 12.2. The molecule has 0 spiro atoms. The summed E-state index contributed by atoms with van der Waals surface area (Å²) < 4.78 is 0. The first-order chi connectivity index (χ1) is 26.3. The number of amides is 1. The number of nitriles is 1. The molecule has 0 fully saturated rings. The zero-order chi connectivity index (χ0) is 40.4. The van der Waals surface area contributed by atoms with E-state index in [1.165, 1.54) is 0 Å². The minimum absolute atomic E-state index is 0.402. The molecular formula is C47H46Cl2N6O. The van der Waals surface area contributed by atoms with E-state index >= 15 is 0 Å². The van der Waals surface area contributed by atoms with E-state index in [4.69, 9.17) is 42.1 Å². The third kappa shape index (κ3) is 5.05. The molecule has 4 aliphatic rings. The predicted molar refractivity (Wildman–Crippen MR) is 231 cm³/mol. The fourth-order valence-electron chi connectivity index (χ4n) is 9.60. The molecule has 4 aromatic carbocycles. The van der Waals surface area contributed by atoms with Crippen molar-refractivity contribution in [1.82, 2.24) is 0 Å². The summed E-state index contributed by atoms with van der Waals surface area (Å²) in [6.45, 7) is 31.0. The normalized spacial score (nSPS) is 26.1. The Hall–Kier alpha value is -5.42. The van der Waals surface area contributed by atoms with E-state index in [1.807, 2.05) is 44.3 Å². The van der Waals surface area contributed by atoms with Crippen LogP contribution < -0.4 is 25.3 Å². The second-order valence-electron chi connectivity index (χ2n) is 16.7. The first-order valence-corrected chi connectivity index (χ1v) is 19.5. The van der Waals surface area contributed by atoms with Gasteiger partial charge in [0.15, 0.2) is 0 Å². The van der Waals surface area contributed by atoms with Crippen molar-refractivity contribution >= 4 is 51.9 Å². The number of likely N-dealkylation sites (N-methyl/N-ethyl adjacent to an activating group) is 1. The number of fused-ring (bicyclic) bond motifs is 4. The minimum Gasteiger partial charge on any atom is -0.366 e. The number of rotatable bonds is 7. The molecular weight excluding hydrogens is 735 g/mol. The first kappa shape index (κ1) is 37.5. The van der Waals surface area contributed by atoms with Gasteiger partial charge in [-0.2, -0.15) is 5.26 Å². The Bertz CT molecular complexity index is 2530. The van der Waals surface area contributed by atoms with Crippen molar-refractivity contribution in [2.45, 2.75) is 55.7 Å². The zero-order valence-corrected chi connectivity index (χ0v) is 34.4. The maximum absolute atomic E-state index is 12.2. The van der Waals surface area contributed by atoms with E-state index in [0.717, 1.165) is 73.4 Å². The number of anilines is 4. The molecule has 9 heteroatoms. The molecule has 4 unspecified atom stereocenters. The number of carbonyl (C=O) groups is 1. The zero-order valence-electron chi connectivity index (χ0n) is 32.9. The van der Waals surface area contributed by atoms with Crippen molar-refractivity contribution in [2.24, 2.45) is 5.73 Å². The van der Waals surface area contributed by atoms with Gasteiger partial charge in [-0.25, -0.2) is 0 Å². The Labute approximate surface area is 340 Å². The van der Waals surface area contributed by atoms with Crippen molar-refractivity contribution < 1.29 is 4.79 Å². The van der Waals surface area contributed by atoms with E-state index in [1.54, 1.807) is 12.1 Å². The van der Waals surface area contributed by atoms with Gasteiger partial charge in [-0.15, -0.1) is 11.6 Å². The van der Waals surface area contributed by atoms with Crippen LogP contribution in [-0.2, 0) is 21.1 Å². The van der Waals surface area contributed by atoms with Gasteiger partial charge in [0.25, 0.3) is 0 Å². The Morgan fingerprint density at radius 1 is 0.679 bits per heavy atom. The molecule has 56 heavy (non-hydrogen) atoms. The summed E-state index contributed by atoms with van der Waals surface area (Å²) in [6.07, 6.45) is 0. The second-order valence-corrected chi connectivity index (χ2v) is 17.9. The average molecular weight is 782 g/mol. The molecule has 4 aromatic rings. The van der Waals surface area contributed by atoms with Gasteiger partial charge in [0.05, 0.1) is 27.9 Å². The molecule has 0 aromatic heterocycles. The lowest BCUT2D eigenvalue weighted by molar-refractivity contribution is 0.1000. The number of carbonyl (C=O) groups excluding carboxylic acids is 1. The fraction of sp³-hybridized carbons (Fsp3) is 0.277. The average Bonchev–Trinajstić information content (AvgIpc) is 3.65. The Kier molecular flexibility index (Phi) is 8.23. The van der Waals surface area contributed by atoms with Gasteiger partial charge in [-0.1, -0.05) is 55.6 Å². The Balaban J connectivity index is 1.19. The summed E-state index contributed by atoms with van der Waals surface area (Å²) in [4.78, 5) is 20.2. The molecule has 7 nitrogen and oxygen atoms in total. The van der Waals surface area contributed by atoms with Crippen LogP contribution in [-0.4, -0.2) is 32.6 Å². The van der Waals surface area contributed by atoms with Crippen molar-refractivity contribution in [1.29, 1.82) is 5.26 Å². The molecule has 4 atom stereocenters. The van der Waals surface area contributed by atoms with E-state index < -0.39 is 27.0 Å². The van der Waals surface area contributed by atoms with E-state index in [0.29, 0.717) is 35.8 Å². The number of alkyl halides is 1. The van der Waals surface area contributed by atoms with Crippen molar-refractivity contribution in [3.05, 3.63) is 166 Å². The highest BCUT2D eigenvalue weighted by atomic mass is 35.5. The second kappa shape index (κ2) is 12.3. The van der Waals surface area contributed by atoms with E-state index in [2.05, 4.69) is 96.9 Å². The van der Waals surface area contributed by atoms with Gasteiger partial charge in [0.1, 0.15) is 4.87 Å². The van der Waals surface area contributed by atoms with Crippen LogP contribution in [0.3, 0.4) is 0 Å². The van der Waals surface area contributed by atoms with Crippen LogP contribution in [0.4, 0.5) is 22.7 Å². The van der Waals surface area contributed by atoms with Gasteiger partial charge in [-0.05, 0) is 112 Å². The summed E-state index contributed by atoms with van der Waals surface area (Å²) in [7, 11) is 2.05. The Morgan fingerprint density at radius 3 is 1.75 bits per heavy atom. The lowest BCUT2D eigenvalue weighted by Gasteiger charge is -2.39. The number of aryl methyl sites for hydroxylation is 1. The quantitative estimate of drug-likeness (QED) is 0.188. The molecule has 0 bridgehead atoms. The molecule has 0 aliphatic carbocycles. The van der Waals surface area contributed by atoms with Gasteiger partial charge in [0.2, 0.25) is 5.91 Å². The molecule has 284 valence electrons. The maximum Gasteiger partial charge on any atom is 0.248 e. The van der Waals surface area contributed by atoms with Gasteiger partial charge in [-0.3, -0.25) is 4.79 Å². The molecule has 0 radical (unpaired) electrons. The number of nitrogens with two attached hydrogens (primary N) is 1. The molecule has 4 heterocycles. The van der Waals surface area contributed by atoms with Crippen LogP contribution in [0.15, 0.2) is 122 Å². The standard InChI is InChI=1S/C47H46Cl2N6O/c1-27-11-15-40-35(19-27)45(7,26-55-31(5)47(9,49)38-21-33(43(51)56)13-17-42(38)55)29(3)54(40)25-46(8)30(4)53(41-16-12-32(23-50)20-36(41)46)24-44(6)28(2)52(10)39-18-14-34(48)22-37(39)44/h11-22H,2-5,24-26H2,1,6-10H3,(H2,51,56). The van der Waals surface area contributed by atoms with E-state index in [-0.39, 0.29) is 0 Å². The number of allylic oxidation sites excluding steroid dienone is 1. The number of benzene rings is 4. The molecule has 0 saturated carbocycles. The van der Waals surface area contributed by atoms with Crippen LogP contribution in [0.2, 0.25) is 5.02 Å². The smallest absolute Gasteiger partial charge is 0.248 e. The summed E-state index contributed by atoms with van der Waals surface area (Å²) in [5.41, 5.74) is 17.8. The number of nitrogens with zero attached hydrogens (tertiary/aromatic N) is 5. The number of hydrogen-bond acceptors (Lipinski definition) is 6. The van der Waals surface area contributed by atoms with Gasteiger partial charge in [0, 0.05) is 88.4 Å². The molecule has 2 N–H and O–H groups in total. The molecule has 0 saturated heterocycles. The van der Waals surface area contributed by atoms with Crippen molar-refractivity contribution in [2.75, 3.05) is 46.3 Å². The predicted octanol–water partition coefficient (Wildman–Crippen LogP) is 9.91.